The zero-order valence-corrected chi connectivity index (χ0v) is 19.5. The van der Waals surface area contributed by atoms with Crippen LogP contribution in [0.2, 0.25) is 18.6 Å². The van der Waals surface area contributed by atoms with Crippen LogP contribution in [0.1, 0.15) is 54.7 Å². The lowest BCUT2D eigenvalue weighted by Crippen LogP contribution is -2.50. The van der Waals surface area contributed by atoms with Crippen molar-refractivity contribution >= 4 is 24.0 Å². The lowest BCUT2D eigenvalue weighted by molar-refractivity contribution is -0.659. The normalized spacial score (nSPS) is 18.9. The molecule has 2 heterocycles. The maximum Gasteiger partial charge on any atom is 0.220 e. The van der Waals surface area contributed by atoms with E-state index < -0.39 is 8.07 Å². The summed E-state index contributed by atoms with van der Waals surface area (Å²) >= 11 is 0. The summed E-state index contributed by atoms with van der Waals surface area (Å²) in [5.74, 6) is 0.754. The molecule has 1 aliphatic heterocycles. The molecule has 1 saturated carbocycles. The van der Waals surface area contributed by atoms with E-state index in [0.29, 0.717) is 0 Å². The van der Waals surface area contributed by atoms with E-state index in [9.17, 15) is 0 Å². The van der Waals surface area contributed by atoms with E-state index in [1.165, 1.54) is 77.3 Å². The number of fused-ring (bicyclic) bond motifs is 1. The molecule has 0 radical (unpaired) electrons. The molecule has 2 fully saturated rings. The molecule has 0 bridgehead atoms. The van der Waals surface area contributed by atoms with Crippen molar-refractivity contribution in [3.8, 4) is 11.3 Å². The fourth-order valence-electron chi connectivity index (χ4n) is 5.71. The van der Waals surface area contributed by atoms with Crippen molar-refractivity contribution in [3.05, 3.63) is 59.3 Å². The molecule has 1 aromatic heterocycles. The van der Waals surface area contributed by atoms with Crippen molar-refractivity contribution in [3.63, 3.8) is 0 Å². The van der Waals surface area contributed by atoms with E-state index in [2.05, 4.69) is 74.6 Å². The van der Waals surface area contributed by atoms with Gasteiger partial charge in [0.1, 0.15) is 7.05 Å². The minimum Gasteiger partial charge on any atom is -0.200 e. The molecule has 0 spiro atoms. The topological polar surface area (TPSA) is 3.88 Å². The third kappa shape index (κ3) is 3.17. The second-order valence-electron chi connectivity index (χ2n) is 9.98. The average molecular weight is 401 g/mol. The summed E-state index contributed by atoms with van der Waals surface area (Å²) in [7, 11) is 1.06. The van der Waals surface area contributed by atoms with Crippen LogP contribution >= 0.6 is 0 Å². The molecule has 2 aromatic carbocycles. The highest BCUT2D eigenvalue weighted by atomic mass is 28.3. The fraction of sp³-hybridized carbons (Fsp3) is 0.444. The molecular weight excluding hydrogens is 366 g/mol. The van der Waals surface area contributed by atoms with Gasteiger partial charge < -0.3 is 0 Å². The lowest BCUT2D eigenvalue weighted by atomic mass is 9.89. The van der Waals surface area contributed by atoms with Crippen molar-refractivity contribution < 1.29 is 4.57 Å². The maximum atomic E-state index is 2.57. The number of aromatic nitrogens is 1. The number of benzene rings is 2. The molecule has 1 nitrogen and oxygen atoms in total. The van der Waals surface area contributed by atoms with Gasteiger partial charge in [-0.1, -0.05) is 61.3 Å². The molecule has 29 heavy (non-hydrogen) atoms. The van der Waals surface area contributed by atoms with Crippen LogP contribution in [0.4, 0.5) is 0 Å². The maximum absolute atomic E-state index is 2.57. The minimum absolute atomic E-state index is 0.754. The molecule has 1 aliphatic carbocycles. The van der Waals surface area contributed by atoms with Crippen LogP contribution in [-0.2, 0) is 7.05 Å². The second kappa shape index (κ2) is 7.09. The van der Waals surface area contributed by atoms with Crippen molar-refractivity contribution in [2.75, 3.05) is 0 Å². The van der Waals surface area contributed by atoms with Crippen LogP contribution < -0.4 is 9.75 Å². The highest BCUT2D eigenvalue weighted by Gasteiger charge is 2.36. The Morgan fingerprint density at radius 3 is 2.38 bits per heavy atom. The first kappa shape index (κ1) is 19.1. The summed E-state index contributed by atoms with van der Waals surface area (Å²) in [5, 5.41) is 4.48. The standard InChI is InChI=1S/C27H34NSi/c1-19-16-23(21-8-5-6-9-21)18-26(20(19)2)27-25-11-10-24(29(4)14-7-15-29)17-22(25)12-13-28(27)3/h10-13,16-18,21H,5-9,14-15H2,1-4H3/q+1. The van der Waals surface area contributed by atoms with Crippen LogP contribution in [0, 0.1) is 13.8 Å². The summed E-state index contributed by atoms with van der Waals surface area (Å²) in [6.45, 7) is 7.17. The minimum atomic E-state index is -1.15. The van der Waals surface area contributed by atoms with E-state index in [1.54, 1.807) is 10.8 Å². The van der Waals surface area contributed by atoms with E-state index >= 15 is 0 Å². The van der Waals surface area contributed by atoms with Gasteiger partial charge in [0.2, 0.25) is 5.69 Å². The van der Waals surface area contributed by atoms with E-state index in [1.807, 2.05) is 0 Å². The Kier molecular flexibility index (Phi) is 4.66. The van der Waals surface area contributed by atoms with Crippen LogP contribution in [-0.4, -0.2) is 8.07 Å². The summed E-state index contributed by atoms with van der Waals surface area (Å²) in [4.78, 5) is 0. The first-order valence-corrected chi connectivity index (χ1v) is 14.4. The third-order valence-corrected chi connectivity index (χ3v) is 12.7. The van der Waals surface area contributed by atoms with Crippen molar-refractivity contribution in [1.29, 1.82) is 0 Å². The van der Waals surface area contributed by atoms with Gasteiger partial charge >= 0.3 is 0 Å². The van der Waals surface area contributed by atoms with Gasteiger partial charge in [-0.2, -0.15) is 0 Å². The summed E-state index contributed by atoms with van der Waals surface area (Å²) in [6, 6.07) is 17.6. The van der Waals surface area contributed by atoms with Crippen molar-refractivity contribution in [1.82, 2.24) is 0 Å². The van der Waals surface area contributed by atoms with Crippen LogP contribution in [0.25, 0.3) is 22.0 Å². The number of hydrogen-bond acceptors (Lipinski definition) is 0. The van der Waals surface area contributed by atoms with Crippen LogP contribution in [0.15, 0.2) is 42.6 Å². The van der Waals surface area contributed by atoms with Gasteiger partial charge in [-0.15, -0.1) is 0 Å². The number of pyridine rings is 1. The molecule has 1 saturated heterocycles. The zero-order chi connectivity index (χ0) is 20.2. The Balaban J connectivity index is 1.69. The van der Waals surface area contributed by atoms with Gasteiger partial charge in [0.15, 0.2) is 6.20 Å². The van der Waals surface area contributed by atoms with E-state index in [-0.39, 0.29) is 0 Å². The second-order valence-corrected chi connectivity index (χ2v) is 14.7. The number of aryl methyl sites for hydroxylation is 2. The molecule has 0 atom stereocenters. The quantitative estimate of drug-likeness (QED) is 0.359. The van der Waals surface area contributed by atoms with E-state index in [0.717, 1.165) is 5.92 Å². The predicted molar refractivity (Wildman–Crippen MR) is 127 cm³/mol. The van der Waals surface area contributed by atoms with Crippen molar-refractivity contribution in [2.24, 2.45) is 7.05 Å². The number of nitrogens with zero attached hydrogens (tertiary/aromatic N) is 1. The Bertz CT molecular complexity index is 1090. The van der Waals surface area contributed by atoms with Crippen LogP contribution in [0.3, 0.4) is 0 Å². The molecule has 3 aromatic rings. The Labute approximate surface area is 176 Å². The van der Waals surface area contributed by atoms with Gasteiger partial charge in [0.05, 0.1) is 19.0 Å². The van der Waals surface area contributed by atoms with Gasteiger partial charge in [-0.05, 0) is 66.8 Å². The Morgan fingerprint density at radius 2 is 1.69 bits per heavy atom. The smallest absolute Gasteiger partial charge is 0.200 e. The largest absolute Gasteiger partial charge is 0.220 e. The molecule has 5 rings (SSSR count). The molecule has 0 amide bonds. The zero-order valence-electron chi connectivity index (χ0n) is 18.5. The first-order chi connectivity index (χ1) is 14.0. The van der Waals surface area contributed by atoms with Gasteiger partial charge in [0.25, 0.3) is 0 Å². The van der Waals surface area contributed by atoms with Gasteiger partial charge in [0, 0.05) is 6.07 Å². The molecular formula is C27H34NSi+. The molecule has 150 valence electrons. The highest BCUT2D eigenvalue weighted by Crippen LogP contribution is 2.39. The summed E-state index contributed by atoms with van der Waals surface area (Å²) < 4.78 is 2.34. The number of hydrogen-bond donors (Lipinski definition) is 0. The molecule has 2 heteroatoms. The highest BCUT2D eigenvalue weighted by molar-refractivity contribution is 6.93. The SMILES string of the molecule is Cc1cc(C2CCCC2)cc(-c2c3ccc([Si]4(C)CCC4)cc3cc[n+]2C)c1C. The third-order valence-electron chi connectivity index (χ3n) is 8.06. The molecule has 0 unspecified atom stereocenters. The Hall–Kier alpha value is -1.93. The number of rotatable bonds is 3. The van der Waals surface area contributed by atoms with E-state index in [4.69, 9.17) is 0 Å². The fourth-order valence-corrected chi connectivity index (χ4v) is 8.69. The first-order valence-electron chi connectivity index (χ1n) is 11.5. The van der Waals surface area contributed by atoms with Crippen molar-refractivity contribution in [2.45, 2.75) is 70.5 Å². The van der Waals surface area contributed by atoms with Gasteiger partial charge in [-0.3, -0.25) is 0 Å². The van der Waals surface area contributed by atoms with Gasteiger partial charge in [-0.25, -0.2) is 4.57 Å². The molecule has 2 aliphatic rings. The lowest BCUT2D eigenvalue weighted by Gasteiger charge is -2.36. The molecule has 0 N–H and O–H groups in total. The summed E-state index contributed by atoms with van der Waals surface area (Å²) in [5.41, 5.74) is 7.24. The predicted octanol–water partition coefficient (Wildman–Crippen LogP) is 6.30. The average Bonchev–Trinajstić information content (AvgIpc) is 3.23. The monoisotopic (exact) mass is 400 g/mol. The summed E-state index contributed by atoms with van der Waals surface area (Å²) in [6.07, 6.45) is 9.19. The van der Waals surface area contributed by atoms with Crippen LogP contribution in [0.5, 0.6) is 0 Å². The Morgan fingerprint density at radius 1 is 0.931 bits per heavy atom.